The number of amides is 2. The molecule has 0 spiro atoms. The van der Waals surface area contributed by atoms with E-state index in [0.29, 0.717) is 6.54 Å². The van der Waals surface area contributed by atoms with E-state index in [1.54, 1.807) is 18.4 Å². The average Bonchev–Trinajstić information content (AvgIpc) is 3.62. The Morgan fingerprint density at radius 2 is 1.81 bits per heavy atom. The molecule has 3 aromatic rings. The number of carbonyl (C=O) groups is 2. The second-order valence-corrected chi connectivity index (χ2v) is 11.7. The Morgan fingerprint density at radius 1 is 1.05 bits per heavy atom. The van der Waals surface area contributed by atoms with Crippen molar-refractivity contribution in [1.82, 2.24) is 20.5 Å². The van der Waals surface area contributed by atoms with Crippen LogP contribution < -0.4 is 10.6 Å². The van der Waals surface area contributed by atoms with Crippen LogP contribution in [0.15, 0.2) is 46.7 Å². The van der Waals surface area contributed by atoms with Crippen molar-refractivity contribution in [3.05, 3.63) is 46.8 Å². The molecule has 2 amide bonds. The second-order valence-electron chi connectivity index (χ2n) is 10.3. The van der Waals surface area contributed by atoms with Crippen LogP contribution in [0.3, 0.4) is 0 Å². The first-order valence-electron chi connectivity index (χ1n) is 13.4. The fraction of sp³-hybridized carbons (Fsp3) is 0.483. The number of likely N-dealkylation sites (N-methyl/N-ethyl adjacent to an activating group) is 1. The van der Waals surface area contributed by atoms with Crippen molar-refractivity contribution in [2.24, 2.45) is 5.92 Å². The van der Waals surface area contributed by atoms with E-state index < -0.39 is 6.04 Å². The Kier molecular flexibility index (Phi) is 8.17. The molecule has 2 N–H and O–H groups in total. The van der Waals surface area contributed by atoms with Crippen LogP contribution in [0, 0.1) is 5.92 Å². The molecular formula is C29H36N4O2S2. The van der Waals surface area contributed by atoms with E-state index in [1.807, 2.05) is 30.0 Å². The first-order chi connectivity index (χ1) is 18.0. The zero-order valence-corrected chi connectivity index (χ0v) is 23.3. The van der Waals surface area contributed by atoms with E-state index in [0.717, 1.165) is 70.5 Å². The van der Waals surface area contributed by atoms with Gasteiger partial charge in [-0.25, -0.2) is 4.98 Å². The predicted molar refractivity (Wildman–Crippen MR) is 153 cm³/mol. The number of thiazole rings is 1. The third kappa shape index (κ3) is 5.42. The van der Waals surface area contributed by atoms with Gasteiger partial charge >= 0.3 is 0 Å². The number of carbonyl (C=O) groups excluding carboxylic acids is 2. The number of rotatable bonds is 7. The fourth-order valence-electron chi connectivity index (χ4n) is 5.79. The summed E-state index contributed by atoms with van der Waals surface area (Å²) in [6.07, 6.45) is 7.25. The number of hydrogen-bond acceptors (Lipinski definition) is 6. The molecule has 1 saturated heterocycles. The van der Waals surface area contributed by atoms with Gasteiger partial charge < -0.3 is 15.5 Å². The molecule has 1 aliphatic heterocycles. The van der Waals surface area contributed by atoms with Gasteiger partial charge in [-0.1, -0.05) is 49.6 Å². The highest BCUT2D eigenvalue weighted by atomic mass is 32.1. The average molecular weight is 537 g/mol. The standard InChI is InChI=1S/C29H36N4O2S2/c1-18(30-2)27(34)32-26(19-9-4-3-5-10-19)29(35)33-16-8-13-24(33)28-31-23(17-37-28)21-14-15-25(36)22-12-7-6-11-20(21)22/h6-7,11-12,14-15,17-19,24,26,30,36H,3-5,8-10,13,16H2,1-2H3,(H,32,34)/t18-,24-,26-/m0/s1. The van der Waals surface area contributed by atoms with Crippen LogP contribution in [0.1, 0.15) is 62.9 Å². The van der Waals surface area contributed by atoms with Gasteiger partial charge in [0.1, 0.15) is 11.0 Å². The Labute approximate surface area is 228 Å². The minimum atomic E-state index is -0.476. The molecule has 2 aliphatic rings. The van der Waals surface area contributed by atoms with E-state index in [9.17, 15) is 9.59 Å². The van der Waals surface area contributed by atoms with Crippen molar-refractivity contribution in [3.8, 4) is 11.3 Å². The van der Waals surface area contributed by atoms with Crippen LogP contribution >= 0.6 is 24.0 Å². The van der Waals surface area contributed by atoms with Gasteiger partial charge in [0.15, 0.2) is 0 Å². The lowest BCUT2D eigenvalue weighted by Gasteiger charge is -2.35. The summed E-state index contributed by atoms with van der Waals surface area (Å²) in [6.45, 7) is 2.54. The van der Waals surface area contributed by atoms with Gasteiger partial charge in [-0.2, -0.15) is 0 Å². The van der Waals surface area contributed by atoms with Gasteiger partial charge in [0, 0.05) is 22.4 Å². The second kappa shape index (κ2) is 11.5. The summed E-state index contributed by atoms with van der Waals surface area (Å²) in [4.78, 5) is 34.8. The molecule has 37 heavy (non-hydrogen) atoms. The summed E-state index contributed by atoms with van der Waals surface area (Å²) in [5.74, 6) is 0.124. The molecule has 8 heteroatoms. The smallest absolute Gasteiger partial charge is 0.246 e. The molecule has 0 radical (unpaired) electrons. The number of fused-ring (bicyclic) bond motifs is 1. The minimum Gasteiger partial charge on any atom is -0.343 e. The van der Waals surface area contributed by atoms with Crippen molar-refractivity contribution in [2.75, 3.05) is 13.6 Å². The van der Waals surface area contributed by atoms with E-state index in [-0.39, 0.29) is 29.8 Å². The molecule has 5 rings (SSSR count). The van der Waals surface area contributed by atoms with E-state index in [1.165, 1.54) is 6.42 Å². The number of aromatic nitrogens is 1. The van der Waals surface area contributed by atoms with Gasteiger partial charge in [0.2, 0.25) is 11.8 Å². The van der Waals surface area contributed by atoms with Crippen molar-refractivity contribution in [2.45, 2.75) is 74.9 Å². The van der Waals surface area contributed by atoms with Crippen molar-refractivity contribution < 1.29 is 9.59 Å². The number of likely N-dealkylation sites (tertiary alicyclic amines) is 1. The van der Waals surface area contributed by atoms with Crippen molar-refractivity contribution >= 4 is 46.6 Å². The largest absolute Gasteiger partial charge is 0.343 e. The van der Waals surface area contributed by atoms with E-state index >= 15 is 0 Å². The quantitative estimate of drug-likeness (QED) is 0.344. The summed E-state index contributed by atoms with van der Waals surface area (Å²) in [5.41, 5.74) is 2.02. The van der Waals surface area contributed by atoms with Gasteiger partial charge in [0.05, 0.1) is 17.8 Å². The summed E-state index contributed by atoms with van der Waals surface area (Å²) in [5, 5.41) is 11.4. The zero-order chi connectivity index (χ0) is 25.9. The van der Waals surface area contributed by atoms with Crippen LogP contribution in [-0.2, 0) is 9.59 Å². The molecule has 0 unspecified atom stereocenters. The van der Waals surface area contributed by atoms with E-state index in [2.05, 4.69) is 46.8 Å². The summed E-state index contributed by atoms with van der Waals surface area (Å²) < 4.78 is 0. The predicted octanol–water partition coefficient (Wildman–Crippen LogP) is 5.59. The van der Waals surface area contributed by atoms with Crippen LogP contribution in [0.4, 0.5) is 0 Å². The Bertz CT molecular complexity index is 1270. The maximum absolute atomic E-state index is 14.0. The first kappa shape index (κ1) is 26.2. The van der Waals surface area contributed by atoms with Crippen LogP contribution in [-0.4, -0.2) is 47.4 Å². The van der Waals surface area contributed by atoms with Crippen LogP contribution in [0.25, 0.3) is 22.0 Å². The topological polar surface area (TPSA) is 74.3 Å². The lowest BCUT2D eigenvalue weighted by atomic mass is 9.83. The first-order valence-corrected chi connectivity index (χ1v) is 14.7. The lowest BCUT2D eigenvalue weighted by Crippen LogP contribution is -2.55. The van der Waals surface area contributed by atoms with Gasteiger partial charge in [-0.05, 0) is 62.4 Å². The van der Waals surface area contributed by atoms with E-state index in [4.69, 9.17) is 4.98 Å². The summed E-state index contributed by atoms with van der Waals surface area (Å²) in [7, 11) is 1.77. The molecule has 3 atom stereocenters. The summed E-state index contributed by atoms with van der Waals surface area (Å²) in [6, 6.07) is 11.5. The highest BCUT2D eigenvalue weighted by molar-refractivity contribution is 7.80. The summed E-state index contributed by atoms with van der Waals surface area (Å²) >= 11 is 6.25. The van der Waals surface area contributed by atoms with Crippen molar-refractivity contribution in [1.29, 1.82) is 0 Å². The number of benzene rings is 2. The Morgan fingerprint density at radius 3 is 2.57 bits per heavy atom. The maximum atomic E-state index is 14.0. The lowest BCUT2D eigenvalue weighted by molar-refractivity contribution is -0.139. The van der Waals surface area contributed by atoms with Crippen LogP contribution in [0.2, 0.25) is 0 Å². The molecule has 6 nitrogen and oxygen atoms in total. The fourth-order valence-corrected chi connectivity index (χ4v) is 7.03. The molecule has 1 aliphatic carbocycles. The highest BCUT2D eigenvalue weighted by Crippen LogP contribution is 2.39. The molecule has 0 bridgehead atoms. The third-order valence-corrected chi connectivity index (χ3v) is 9.37. The molecular weight excluding hydrogens is 500 g/mol. The molecule has 2 heterocycles. The van der Waals surface area contributed by atoms with Gasteiger partial charge in [0.25, 0.3) is 0 Å². The molecule has 2 aromatic carbocycles. The highest BCUT2D eigenvalue weighted by Gasteiger charge is 2.40. The molecule has 1 saturated carbocycles. The SMILES string of the molecule is CN[C@@H](C)C(=O)N[C@H](C(=O)N1CCC[C@H]1c1nc(-c2ccc(S)c3ccccc23)cs1)C1CCCCC1. The van der Waals surface area contributed by atoms with Crippen molar-refractivity contribution in [3.63, 3.8) is 0 Å². The number of nitrogens with one attached hydrogen (secondary N) is 2. The molecule has 196 valence electrons. The Hall–Kier alpha value is -2.42. The Balaban J connectivity index is 1.41. The zero-order valence-electron chi connectivity index (χ0n) is 21.6. The number of hydrogen-bond donors (Lipinski definition) is 3. The third-order valence-electron chi connectivity index (χ3n) is 8.03. The monoisotopic (exact) mass is 536 g/mol. The van der Waals surface area contributed by atoms with Gasteiger partial charge in [-0.15, -0.1) is 24.0 Å². The maximum Gasteiger partial charge on any atom is 0.246 e. The molecule has 2 fully saturated rings. The normalized spacial score (nSPS) is 20.2. The minimum absolute atomic E-state index is 0.0488. The number of thiol groups is 1. The number of nitrogens with zero attached hydrogens (tertiary/aromatic N) is 2. The van der Waals surface area contributed by atoms with Crippen LogP contribution in [0.5, 0.6) is 0 Å². The van der Waals surface area contributed by atoms with Gasteiger partial charge in [-0.3, -0.25) is 9.59 Å². The molecule has 1 aromatic heterocycles.